The summed E-state index contributed by atoms with van der Waals surface area (Å²) in [5.41, 5.74) is 0. The van der Waals surface area contributed by atoms with Crippen LogP contribution < -0.4 is 10.6 Å². The van der Waals surface area contributed by atoms with Gasteiger partial charge in [-0.15, -0.1) is 0 Å². The number of nitrogens with one attached hydrogen (secondary N) is 2. The fourth-order valence-electron chi connectivity index (χ4n) is 1.97. The summed E-state index contributed by atoms with van der Waals surface area (Å²) < 4.78 is 0. The molecule has 0 saturated carbocycles. The van der Waals surface area contributed by atoms with Crippen LogP contribution >= 0.6 is 0 Å². The maximum Gasteiger partial charge on any atom is 0.190 e. The Morgan fingerprint density at radius 2 is 1.71 bits per heavy atom. The van der Waals surface area contributed by atoms with E-state index in [1.165, 1.54) is 0 Å². The Bertz CT molecular complexity index is 203. The number of hydrogen-bond donors (Lipinski definition) is 2. The smallest absolute Gasteiger partial charge is 0.190 e. The molecule has 0 saturated heterocycles. The fourth-order valence-corrected chi connectivity index (χ4v) is 1.97. The lowest BCUT2D eigenvalue weighted by Gasteiger charge is -2.30. The number of guanidine groups is 1. The highest BCUT2D eigenvalue weighted by atomic mass is 15.2. The third-order valence-corrected chi connectivity index (χ3v) is 2.78. The molecule has 0 amide bonds. The van der Waals surface area contributed by atoms with E-state index < -0.39 is 0 Å². The average molecular weight is 242 g/mol. The molecule has 0 bridgehead atoms. The topological polar surface area (TPSA) is 39.7 Å². The van der Waals surface area contributed by atoms with Gasteiger partial charge in [0.05, 0.1) is 0 Å². The predicted octanol–water partition coefficient (Wildman–Crippen LogP) is 1.68. The van der Waals surface area contributed by atoms with E-state index in [1.54, 1.807) is 7.05 Å². The van der Waals surface area contributed by atoms with Gasteiger partial charge in [0.2, 0.25) is 0 Å². The largest absolute Gasteiger partial charge is 0.357 e. The lowest BCUT2D eigenvalue weighted by molar-refractivity contribution is 0.173. The summed E-state index contributed by atoms with van der Waals surface area (Å²) in [7, 11) is 1.81. The summed E-state index contributed by atoms with van der Waals surface area (Å²) in [5, 5.41) is 6.51. The van der Waals surface area contributed by atoms with E-state index in [0.29, 0.717) is 12.1 Å². The van der Waals surface area contributed by atoms with Gasteiger partial charge in [0.25, 0.3) is 0 Å². The van der Waals surface area contributed by atoms with Crippen molar-refractivity contribution in [2.45, 2.75) is 53.1 Å². The number of aliphatic imine (C=N–C) groups is 1. The maximum absolute atomic E-state index is 4.15. The van der Waals surface area contributed by atoms with E-state index in [2.05, 4.69) is 55.1 Å². The molecule has 0 fully saturated rings. The molecule has 0 heterocycles. The van der Waals surface area contributed by atoms with Crippen LogP contribution in [0, 0.1) is 0 Å². The summed E-state index contributed by atoms with van der Waals surface area (Å²) >= 11 is 0. The average Bonchev–Trinajstić information content (AvgIpc) is 2.26. The molecular formula is C13H30N4. The summed E-state index contributed by atoms with van der Waals surface area (Å²) in [5.74, 6) is 0.896. The molecule has 4 heteroatoms. The number of nitrogens with zero attached hydrogens (tertiary/aromatic N) is 2. The first kappa shape index (κ1) is 16.2. The first-order valence-electron chi connectivity index (χ1n) is 6.73. The molecule has 17 heavy (non-hydrogen) atoms. The van der Waals surface area contributed by atoms with Crippen LogP contribution in [0.1, 0.15) is 41.0 Å². The first-order valence-corrected chi connectivity index (χ1v) is 6.73. The van der Waals surface area contributed by atoms with Crippen molar-refractivity contribution in [1.82, 2.24) is 15.5 Å². The molecule has 0 unspecified atom stereocenters. The Hall–Kier alpha value is -0.770. The van der Waals surface area contributed by atoms with Crippen LogP contribution in [0.4, 0.5) is 0 Å². The molecule has 0 radical (unpaired) electrons. The fraction of sp³-hybridized carbons (Fsp3) is 0.923. The second-order valence-corrected chi connectivity index (χ2v) is 4.81. The molecule has 2 N–H and O–H groups in total. The quantitative estimate of drug-likeness (QED) is 0.405. The predicted molar refractivity (Wildman–Crippen MR) is 76.6 cm³/mol. The Labute approximate surface area is 107 Å². The third kappa shape index (κ3) is 7.21. The Morgan fingerprint density at radius 3 is 2.12 bits per heavy atom. The van der Waals surface area contributed by atoms with E-state index in [4.69, 9.17) is 0 Å². The zero-order chi connectivity index (χ0) is 13.3. The van der Waals surface area contributed by atoms with Gasteiger partial charge in [-0.2, -0.15) is 0 Å². The minimum Gasteiger partial charge on any atom is -0.357 e. The number of hydrogen-bond acceptors (Lipinski definition) is 2. The molecule has 0 spiro atoms. The van der Waals surface area contributed by atoms with Crippen LogP contribution in [0.3, 0.4) is 0 Å². The lowest BCUT2D eigenvalue weighted by atomic mass is 10.2. The summed E-state index contributed by atoms with van der Waals surface area (Å²) in [6, 6.07) is 1.23. The maximum atomic E-state index is 4.15. The molecule has 4 nitrogen and oxygen atoms in total. The van der Waals surface area contributed by atoms with E-state index in [9.17, 15) is 0 Å². The Balaban J connectivity index is 3.82. The molecule has 0 aromatic heterocycles. The normalized spacial score (nSPS) is 12.6. The standard InChI is InChI=1S/C13H30N4/c1-7-15-13(14-6)16-9-8-10-17(11(2)3)12(4)5/h11-12H,7-10H2,1-6H3,(H2,14,15,16). The van der Waals surface area contributed by atoms with Gasteiger partial charge in [-0.3, -0.25) is 9.89 Å². The summed E-state index contributed by atoms with van der Waals surface area (Å²) in [6.07, 6.45) is 1.14. The minimum atomic E-state index is 0.614. The highest BCUT2D eigenvalue weighted by Crippen LogP contribution is 2.04. The van der Waals surface area contributed by atoms with Gasteiger partial charge in [-0.05, 0) is 41.0 Å². The molecular weight excluding hydrogens is 212 g/mol. The van der Waals surface area contributed by atoms with Gasteiger partial charge < -0.3 is 10.6 Å². The van der Waals surface area contributed by atoms with Gasteiger partial charge in [-0.25, -0.2) is 0 Å². The van der Waals surface area contributed by atoms with E-state index in [0.717, 1.165) is 32.0 Å². The molecule has 0 aliphatic heterocycles. The highest BCUT2D eigenvalue weighted by molar-refractivity contribution is 5.79. The minimum absolute atomic E-state index is 0.614. The van der Waals surface area contributed by atoms with Crippen LogP contribution in [0.2, 0.25) is 0 Å². The van der Waals surface area contributed by atoms with Crippen molar-refractivity contribution >= 4 is 5.96 Å². The zero-order valence-corrected chi connectivity index (χ0v) is 12.4. The van der Waals surface area contributed by atoms with Crippen molar-refractivity contribution < 1.29 is 0 Å². The zero-order valence-electron chi connectivity index (χ0n) is 12.4. The summed E-state index contributed by atoms with van der Waals surface area (Å²) in [6.45, 7) is 14.1. The lowest BCUT2D eigenvalue weighted by Crippen LogP contribution is -2.41. The van der Waals surface area contributed by atoms with Crippen molar-refractivity contribution in [2.24, 2.45) is 4.99 Å². The molecule has 102 valence electrons. The SMILES string of the molecule is CCNC(=NC)NCCCN(C(C)C)C(C)C. The van der Waals surface area contributed by atoms with Crippen molar-refractivity contribution in [3.63, 3.8) is 0 Å². The van der Waals surface area contributed by atoms with E-state index in [-0.39, 0.29) is 0 Å². The van der Waals surface area contributed by atoms with Gasteiger partial charge in [-0.1, -0.05) is 0 Å². The van der Waals surface area contributed by atoms with E-state index >= 15 is 0 Å². The van der Waals surface area contributed by atoms with Crippen LogP contribution in [0.5, 0.6) is 0 Å². The molecule has 0 aromatic rings. The van der Waals surface area contributed by atoms with Crippen molar-refractivity contribution in [3.8, 4) is 0 Å². The van der Waals surface area contributed by atoms with Crippen LogP contribution in [0.25, 0.3) is 0 Å². The molecule has 0 atom stereocenters. The monoisotopic (exact) mass is 242 g/mol. The van der Waals surface area contributed by atoms with Crippen molar-refractivity contribution in [2.75, 3.05) is 26.7 Å². The second-order valence-electron chi connectivity index (χ2n) is 4.81. The summed E-state index contributed by atoms with van der Waals surface area (Å²) in [4.78, 5) is 6.66. The van der Waals surface area contributed by atoms with Crippen molar-refractivity contribution in [1.29, 1.82) is 0 Å². The molecule has 0 aromatic carbocycles. The molecule has 0 rings (SSSR count). The van der Waals surface area contributed by atoms with E-state index in [1.807, 2.05) is 0 Å². The van der Waals surface area contributed by atoms with Crippen LogP contribution in [-0.2, 0) is 0 Å². The van der Waals surface area contributed by atoms with Gasteiger partial charge in [0.1, 0.15) is 0 Å². The van der Waals surface area contributed by atoms with Crippen molar-refractivity contribution in [3.05, 3.63) is 0 Å². The Morgan fingerprint density at radius 1 is 1.12 bits per heavy atom. The molecule has 0 aliphatic carbocycles. The van der Waals surface area contributed by atoms with Crippen LogP contribution in [-0.4, -0.2) is 49.6 Å². The Kier molecular flexibility index (Phi) is 8.86. The van der Waals surface area contributed by atoms with Gasteiger partial charge in [0, 0.05) is 38.8 Å². The molecule has 0 aliphatic rings. The highest BCUT2D eigenvalue weighted by Gasteiger charge is 2.12. The second kappa shape index (κ2) is 9.28. The third-order valence-electron chi connectivity index (χ3n) is 2.78. The van der Waals surface area contributed by atoms with Crippen LogP contribution in [0.15, 0.2) is 4.99 Å². The van der Waals surface area contributed by atoms with Gasteiger partial charge in [0.15, 0.2) is 5.96 Å². The first-order chi connectivity index (χ1) is 8.02. The van der Waals surface area contributed by atoms with Gasteiger partial charge >= 0.3 is 0 Å². The number of rotatable bonds is 7.